The van der Waals surface area contributed by atoms with Gasteiger partial charge < -0.3 is 14.7 Å². The highest BCUT2D eigenvalue weighted by molar-refractivity contribution is 8.01. The first kappa shape index (κ1) is 17.4. The second-order valence-corrected chi connectivity index (χ2v) is 7.66. The third-order valence-corrected chi connectivity index (χ3v) is 6.03. The Morgan fingerprint density at radius 3 is 2.92 bits per heavy atom. The number of ether oxygens (including phenoxy) is 1. The number of benzene rings is 1. The van der Waals surface area contributed by atoms with Crippen LogP contribution in [-0.4, -0.2) is 52.5 Å². The van der Waals surface area contributed by atoms with Gasteiger partial charge in [0.05, 0.1) is 25.0 Å². The van der Waals surface area contributed by atoms with Gasteiger partial charge in [0.2, 0.25) is 5.91 Å². The number of aliphatic hydroxyl groups is 1. The predicted molar refractivity (Wildman–Crippen MR) is 95.3 cm³/mol. The van der Waals surface area contributed by atoms with Gasteiger partial charge in [0.15, 0.2) is 4.34 Å². The van der Waals surface area contributed by atoms with Gasteiger partial charge in [-0.15, -0.1) is 11.3 Å². The highest BCUT2D eigenvalue weighted by Gasteiger charge is 2.35. The van der Waals surface area contributed by atoms with E-state index in [9.17, 15) is 9.90 Å². The van der Waals surface area contributed by atoms with E-state index < -0.39 is 6.10 Å². The van der Waals surface area contributed by atoms with Crippen LogP contribution in [-0.2, 0) is 9.53 Å². The Balaban J connectivity index is 1.74. The van der Waals surface area contributed by atoms with Gasteiger partial charge in [-0.1, -0.05) is 42.1 Å². The zero-order chi connectivity index (χ0) is 16.9. The molecule has 1 aromatic heterocycles. The van der Waals surface area contributed by atoms with Crippen molar-refractivity contribution in [1.82, 2.24) is 9.88 Å². The van der Waals surface area contributed by atoms with Crippen LogP contribution >= 0.6 is 23.1 Å². The van der Waals surface area contributed by atoms with E-state index in [0.717, 1.165) is 15.6 Å². The number of hydrogen-bond donors (Lipinski definition) is 1. The molecule has 24 heavy (non-hydrogen) atoms. The standard InChI is InChI=1S/C17H20N2O3S2/c1-12-10-23-17(18-12)24-11-15(21)19-7-8-22-14(9-20)16(19)13-5-3-2-4-6-13/h2-6,10,14,16,20H,7-9,11H2,1H3/t14-,16-/m1/s1. The summed E-state index contributed by atoms with van der Waals surface area (Å²) in [7, 11) is 0. The summed E-state index contributed by atoms with van der Waals surface area (Å²) >= 11 is 3.02. The van der Waals surface area contributed by atoms with Gasteiger partial charge in [0, 0.05) is 17.6 Å². The maximum Gasteiger partial charge on any atom is 0.233 e. The number of thioether (sulfide) groups is 1. The van der Waals surface area contributed by atoms with Crippen LogP contribution in [0.2, 0.25) is 0 Å². The minimum Gasteiger partial charge on any atom is -0.394 e. The molecule has 7 heteroatoms. The molecular formula is C17H20N2O3S2. The second-order valence-electron chi connectivity index (χ2n) is 5.58. The van der Waals surface area contributed by atoms with Gasteiger partial charge in [0.25, 0.3) is 0 Å². The summed E-state index contributed by atoms with van der Waals surface area (Å²) in [4.78, 5) is 19.0. The first-order valence-electron chi connectivity index (χ1n) is 7.81. The number of aromatic nitrogens is 1. The zero-order valence-corrected chi connectivity index (χ0v) is 15.1. The van der Waals surface area contributed by atoms with Crippen molar-refractivity contribution in [2.45, 2.75) is 23.4 Å². The van der Waals surface area contributed by atoms with E-state index in [-0.39, 0.29) is 18.6 Å². The van der Waals surface area contributed by atoms with E-state index in [1.165, 1.54) is 11.8 Å². The van der Waals surface area contributed by atoms with Gasteiger partial charge in [0.1, 0.15) is 6.10 Å². The first-order valence-corrected chi connectivity index (χ1v) is 9.67. The fourth-order valence-electron chi connectivity index (χ4n) is 2.82. The Labute approximate surface area is 149 Å². The average molecular weight is 364 g/mol. The highest BCUT2D eigenvalue weighted by Crippen LogP contribution is 2.31. The Morgan fingerprint density at radius 1 is 1.46 bits per heavy atom. The quantitative estimate of drug-likeness (QED) is 0.826. The van der Waals surface area contributed by atoms with E-state index >= 15 is 0 Å². The molecule has 1 N–H and O–H groups in total. The molecule has 0 aliphatic carbocycles. The van der Waals surface area contributed by atoms with Crippen molar-refractivity contribution in [3.8, 4) is 0 Å². The molecule has 1 aliphatic heterocycles. The maximum absolute atomic E-state index is 12.8. The van der Waals surface area contributed by atoms with E-state index in [0.29, 0.717) is 18.9 Å². The zero-order valence-electron chi connectivity index (χ0n) is 13.4. The number of amides is 1. The van der Waals surface area contributed by atoms with Crippen molar-refractivity contribution in [3.63, 3.8) is 0 Å². The minimum atomic E-state index is -0.391. The molecule has 1 fully saturated rings. The molecule has 2 atom stereocenters. The van der Waals surface area contributed by atoms with Crippen molar-refractivity contribution >= 4 is 29.0 Å². The maximum atomic E-state index is 12.8. The molecule has 2 heterocycles. The molecule has 0 saturated carbocycles. The van der Waals surface area contributed by atoms with E-state index in [1.807, 2.05) is 47.5 Å². The summed E-state index contributed by atoms with van der Waals surface area (Å²) in [5.41, 5.74) is 1.96. The Kier molecular flexibility index (Phi) is 5.89. The summed E-state index contributed by atoms with van der Waals surface area (Å²) in [6, 6.07) is 9.51. The van der Waals surface area contributed by atoms with Gasteiger partial charge in [-0.3, -0.25) is 4.79 Å². The summed E-state index contributed by atoms with van der Waals surface area (Å²) in [5.74, 6) is 0.387. The van der Waals surface area contributed by atoms with Crippen LogP contribution in [0.15, 0.2) is 40.1 Å². The smallest absolute Gasteiger partial charge is 0.233 e. The third-order valence-electron chi connectivity index (χ3n) is 3.91. The van der Waals surface area contributed by atoms with Gasteiger partial charge in [-0.25, -0.2) is 4.98 Å². The van der Waals surface area contributed by atoms with Crippen LogP contribution in [0.25, 0.3) is 0 Å². The first-order chi connectivity index (χ1) is 11.7. The van der Waals surface area contributed by atoms with Crippen LogP contribution in [0.5, 0.6) is 0 Å². The number of morpholine rings is 1. The monoisotopic (exact) mass is 364 g/mol. The highest BCUT2D eigenvalue weighted by atomic mass is 32.2. The third kappa shape index (κ3) is 3.97. The molecule has 0 spiro atoms. The number of nitrogens with zero attached hydrogens (tertiary/aromatic N) is 2. The predicted octanol–water partition coefficient (Wildman–Crippen LogP) is 2.50. The van der Waals surface area contributed by atoms with Crippen molar-refractivity contribution < 1.29 is 14.6 Å². The fraction of sp³-hybridized carbons (Fsp3) is 0.412. The Bertz CT molecular complexity index is 677. The summed E-state index contributed by atoms with van der Waals surface area (Å²) in [5, 5.41) is 11.6. The average Bonchev–Trinajstić information content (AvgIpc) is 3.05. The lowest BCUT2D eigenvalue weighted by Crippen LogP contribution is -2.50. The van der Waals surface area contributed by atoms with Crippen molar-refractivity contribution in [1.29, 1.82) is 0 Å². The van der Waals surface area contributed by atoms with Crippen LogP contribution < -0.4 is 0 Å². The number of hydrogen-bond acceptors (Lipinski definition) is 6. The molecule has 0 bridgehead atoms. The van der Waals surface area contributed by atoms with Crippen LogP contribution in [0.4, 0.5) is 0 Å². The second kappa shape index (κ2) is 8.11. The molecule has 1 saturated heterocycles. The van der Waals surface area contributed by atoms with E-state index in [4.69, 9.17) is 4.74 Å². The molecule has 1 aromatic carbocycles. The van der Waals surface area contributed by atoms with Crippen molar-refractivity contribution in [2.75, 3.05) is 25.5 Å². The Hall–Kier alpha value is -1.41. The molecule has 5 nitrogen and oxygen atoms in total. The molecule has 0 radical (unpaired) electrons. The summed E-state index contributed by atoms with van der Waals surface area (Å²) < 4.78 is 6.59. The van der Waals surface area contributed by atoms with E-state index in [1.54, 1.807) is 11.3 Å². The number of aryl methyl sites for hydroxylation is 1. The lowest BCUT2D eigenvalue weighted by molar-refractivity contribution is -0.147. The largest absolute Gasteiger partial charge is 0.394 e. The minimum absolute atomic E-state index is 0.0449. The molecule has 0 unspecified atom stereocenters. The van der Waals surface area contributed by atoms with Crippen LogP contribution in [0, 0.1) is 6.92 Å². The number of carbonyl (C=O) groups is 1. The number of carbonyl (C=O) groups excluding carboxylic acids is 1. The van der Waals surface area contributed by atoms with Gasteiger partial charge >= 0.3 is 0 Å². The van der Waals surface area contributed by atoms with E-state index in [2.05, 4.69) is 4.98 Å². The molecule has 2 aromatic rings. The van der Waals surface area contributed by atoms with Gasteiger partial charge in [-0.2, -0.15) is 0 Å². The summed E-state index contributed by atoms with van der Waals surface area (Å²) in [6.07, 6.45) is -0.391. The van der Waals surface area contributed by atoms with Crippen molar-refractivity contribution in [3.05, 3.63) is 47.0 Å². The number of aliphatic hydroxyl groups excluding tert-OH is 1. The number of thiazole rings is 1. The van der Waals surface area contributed by atoms with Crippen LogP contribution in [0.1, 0.15) is 17.3 Å². The molecule has 3 rings (SSSR count). The van der Waals surface area contributed by atoms with Gasteiger partial charge in [-0.05, 0) is 12.5 Å². The lowest BCUT2D eigenvalue weighted by Gasteiger charge is -2.40. The SMILES string of the molecule is Cc1csc(SCC(=O)N2CCO[C@H](CO)[C@H]2c2ccccc2)n1. The molecule has 1 aliphatic rings. The summed E-state index contributed by atoms with van der Waals surface area (Å²) in [6.45, 7) is 2.82. The molecule has 1 amide bonds. The molecule has 128 valence electrons. The van der Waals surface area contributed by atoms with Crippen molar-refractivity contribution in [2.24, 2.45) is 0 Å². The van der Waals surface area contributed by atoms with Crippen LogP contribution in [0.3, 0.4) is 0 Å². The topological polar surface area (TPSA) is 62.7 Å². The normalized spacial score (nSPS) is 21.0. The fourth-order valence-corrected chi connectivity index (χ4v) is 4.55. The molecular weight excluding hydrogens is 344 g/mol. The lowest BCUT2D eigenvalue weighted by atomic mass is 9.98. The number of rotatable bonds is 5. The Morgan fingerprint density at radius 2 is 2.25 bits per heavy atom.